The molecule has 110 valence electrons. The Bertz CT molecular complexity index is 329. The molecule has 0 radical (unpaired) electrons. The smallest absolute Gasteiger partial charge is 0.410 e. The monoisotopic (exact) mass is 442 g/mol. The number of esters is 1. The van der Waals surface area contributed by atoms with Crippen molar-refractivity contribution in [1.29, 1.82) is 0 Å². The third-order valence-electron chi connectivity index (χ3n) is 2.43. The Labute approximate surface area is 127 Å². The van der Waals surface area contributed by atoms with E-state index in [-0.39, 0.29) is 34.2 Å². The molecule has 1 unspecified atom stereocenters. The molecule has 1 saturated heterocycles. The van der Waals surface area contributed by atoms with Gasteiger partial charge in [0.05, 0.1) is 7.11 Å². The second kappa shape index (κ2) is 7.25. The van der Waals surface area contributed by atoms with E-state index in [0.717, 1.165) is 0 Å². The number of aliphatic hydroxyl groups is 1. The maximum Gasteiger partial charge on any atom is 0.410 e. The maximum absolute atomic E-state index is 11.8. The summed E-state index contributed by atoms with van der Waals surface area (Å²) in [6, 6.07) is 0. The first-order valence-electron chi connectivity index (χ1n) is 5.81. The molecule has 1 aliphatic rings. The average Bonchev–Trinajstić information content (AvgIpc) is 2.24. The minimum atomic E-state index is -0.852. The molecule has 0 aromatic heterocycles. The van der Waals surface area contributed by atoms with Gasteiger partial charge in [0.2, 0.25) is 0 Å². The molecule has 2 atom stereocenters. The number of ether oxygens (including phenoxy) is 2. The number of hydrogen-bond acceptors (Lipinski definition) is 5. The van der Waals surface area contributed by atoms with Gasteiger partial charge in [-0.25, -0.2) is 4.79 Å². The van der Waals surface area contributed by atoms with Crippen molar-refractivity contribution in [1.82, 2.24) is 4.90 Å². The number of aliphatic hydroxyl groups excluding tert-OH is 1. The van der Waals surface area contributed by atoms with Gasteiger partial charge in [0.25, 0.3) is 5.97 Å². The van der Waals surface area contributed by atoms with E-state index < -0.39 is 29.7 Å². The topological polar surface area (TPSA) is 76.1 Å². The quantitative estimate of drug-likeness (QED) is 0.476. The number of rotatable bonds is 1. The number of carbonyl (C=O) groups is 2. The van der Waals surface area contributed by atoms with Crippen molar-refractivity contribution in [3.8, 4) is 0 Å². The maximum atomic E-state index is 11.8. The van der Waals surface area contributed by atoms with Crippen LogP contribution in [0.4, 0.5) is 4.79 Å². The van der Waals surface area contributed by atoms with E-state index in [1.807, 2.05) is 0 Å². The van der Waals surface area contributed by atoms with Crippen LogP contribution in [0.3, 0.4) is 0 Å². The number of likely N-dealkylation sites (tertiary alicyclic amines) is 1. The van der Waals surface area contributed by atoms with Crippen molar-refractivity contribution < 1.29 is 45.2 Å². The van der Waals surface area contributed by atoms with Gasteiger partial charge in [0.1, 0.15) is 5.60 Å². The molecular formula is C12H20NO5W-. The minimum absolute atomic E-state index is 0. The molecular weight excluding hydrogens is 422 g/mol. The summed E-state index contributed by atoms with van der Waals surface area (Å²) in [5, 5.41) is 9.63. The van der Waals surface area contributed by atoms with E-state index in [2.05, 4.69) is 4.74 Å². The fourth-order valence-corrected chi connectivity index (χ4v) is 1.71. The zero-order valence-corrected chi connectivity index (χ0v) is 14.5. The van der Waals surface area contributed by atoms with Crippen molar-refractivity contribution in [3.05, 3.63) is 6.42 Å². The van der Waals surface area contributed by atoms with Gasteiger partial charge in [-0.2, -0.15) is 0 Å². The van der Waals surface area contributed by atoms with Gasteiger partial charge in [-0.1, -0.05) is 0 Å². The summed E-state index contributed by atoms with van der Waals surface area (Å²) in [6.45, 7) is 5.57. The van der Waals surface area contributed by atoms with Crippen LogP contribution in [0.25, 0.3) is 0 Å². The Morgan fingerprint density at radius 2 is 1.89 bits per heavy atom. The molecule has 0 spiro atoms. The van der Waals surface area contributed by atoms with Crippen molar-refractivity contribution in [3.63, 3.8) is 0 Å². The molecule has 1 aliphatic heterocycles. The fourth-order valence-electron chi connectivity index (χ4n) is 1.71. The average molecular weight is 442 g/mol. The van der Waals surface area contributed by atoms with Gasteiger partial charge >= 0.3 is 6.09 Å². The number of β-amino-alcohol motifs (C(OH)–C–C–N with tert-alkyl or cyclic N) is 1. The van der Waals surface area contributed by atoms with Crippen LogP contribution >= 0.6 is 0 Å². The second-order valence-corrected chi connectivity index (χ2v) is 5.27. The molecule has 1 N–H and O–H groups in total. The number of nitrogens with zero attached hydrogens (tertiary/aromatic N) is 1. The van der Waals surface area contributed by atoms with Gasteiger partial charge in [0.15, 0.2) is 0 Å². The van der Waals surface area contributed by atoms with Crippen LogP contribution in [0.5, 0.6) is 0 Å². The van der Waals surface area contributed by atoms with E-state index in [9.17, 15) is 14.7 Å². The Hall–Kier alpha value is -0.612. The van der Waals surface area contributed by atoms with Crippen LogP contribution in [-0.2, 0) is 35.3 Å². The predicted octanol–water partition coefficient (Wildman–Crippen LogP) is 0.589. The van der Waals surface area contributed by atoms with Crippen LogP contribution in [0.15, 0.2) is 0 Å². The standard InChI is InChI=1S/C12H20NO5.W/c1-12(2,3)18-11(16)13-6-8(10(15)17-4)5-9(14)7-13;/h5,8-9,14H,6-7H2,1-4H3;/q-1;/t8?,9-;/m0./s1. The first-order valence-corrected chi connectivity index (χ1v) is 5.81. The molecule has 1 rings (SSSR count). The zero-order chi connectivity index (χ0) is 13.9. The first kappa shape index (κ1) is 18.4. The number of piperidine rings is 1. The van der Waals surface area contributed by atoms with Gasteiger partial charge in [-0.3, -0.25) is 11.2 Å². The molecule has 0 aromatic rings. The third-order valence-corrected chi connectivity index (χ3v) is 2.43. The summed E-state index contributed by atoms with van der Waals surface area (Å²) in [5.74, 6) is -1.09. The van der Waals surface area contributed by atoms with Crippen molar-refractivity contribution in [2.75, 3.05) is 20.2 Å². The van der Waals surface area contributed by atoms with Gasteiger partial charge in [-0.05, 0) is 32.8 Å². The van der Waals surface area contributed by atoms with E-state index in [1.165, 1.54) is 18.4 Å². The van der Waals surface area contributed by atoms with Crippen LogP contribution in [0.2, 0.25) is 0 Å². The first-order chi connectivity index (χ1) is 8.23. The zero-order valence-electron chi connectivity index (χ0n) is 11.6. The van der Waals surface area contributed by atoms with Gasteiger partial charge in [-0.15, -0.1) is 0 Å². The molecule has 7 heteroatoms. The molecule has 19 heavy (non-hydrogen) atoms. The van der Waals surface area contributed by atoms with Crippen LogP contribution in [0.1, 0.15) is 20.8 Å². The van der Waals surface area contributed by atoms with E-state index in [1.54, 1.807) is 20.8 Å². The Morgan fingerprint density at radius 3 is 2.37 bits per heavy atom. The summed E-state index contributed by atoms with van der Waals surface area (Å²) < 4.78 is 9.80. The molecule has 1 heterocycles. The fraction of sp³-hybridized carbons (Fsp3) is 0.750. The molecule has 0 aromatic carbocycles. The van der Waals surface area contributed by atoms with Crippen LogP contribution in [0, 0.1) is 12.3 Å². The van der Waals surface area contributed by atoms with Crippen molar-refractivity contribution in [2.45, 2.75) is 32.5 Å². The van der Waals surface area contributed by atoms with Gasteiger partial charge < -0.3 is 19.5 Å². The Balaban J connectivity index is 0.00000324. The molecule has 1 fully saturated rings. The summed E-state index contributed by atoms with van der Waals surface area (Å²) >= 11 is 0. The molecule has 6 nitrogen and oxygen atoms in total. The summed E-state index contributed by atoms with van der Waals surface area (Å²) in [5.41, 5.74) is -0.607. The van der Waals surface area contributed by atoms with Gasteiger partial charge in [0, 0.05) is 34.2 Å². The second-order valence-electron chi connectivity index (χ2n) is 5.27. The number of amides is 1. The number of carbonyl (C=O) groups excluding carboxylic acids is 2. The molecule has 0 saturated carbocycles. The van der Waals surface area contributed by atoms with Crippen LogP contribution < -0.4 is 0 Å². The van der Waals surface area contributed by atoms with E-state index >= 15 is 0 Å². The minimum Gasteiger partial charge on any atom is -0.471 e. The summed E-state index contributed by atoms with van der Waals surface area (Å²) in [6.07, 6.45) is 0.0890. The molecule has 0 bridgehead atoms. The normalized spacial score (nSPS) is 23.3. The van der Waals surface area contributed by atoms with E-state index in [4.69, 9.17) is 4.74 Å². The Kier molecular flexibility index (Phi) is 7.01. The number of hydrogen-bond donors (Lipinski definition) is 1. The summed E-state index contributed by atoms with van der Waals surface area (Å²) in [7, 11) is 1.27. The van der Waals surface area contributed by atoms with Crippen molar-refractivity contribution >= 4 is 12.1 Å². The Morgan fingerprint density at radius 1 is 1.32 bits per heavy atom. The largest absolute Gasteiger partial charge is 0.471 e. The third kappa shape index (κ3) is 5.91. The van der Waals surface area contributed by atoms with Crippen LogP contribution in [-0.4, -0.2) is 54.0 Å². The van der Waals surface area contributed by atoms with E-state index in [0.29, 0.717) is 0 Å². The molecule has 1 amide bonds. The molecule has 0 aliphatic carbocycles. The predicted molar refractivity (Wildman–Crippen MR) is 63.6 cm³/mol. The van der Waals surface area contributed by atoms with Crippen molar-refractivity contribution in [2.24, 2.45) is 5.92 Å². The number of methoxy groups -OCH3 is 1. The SMILES string of the molecule is COC(=O)C1[CH-][C@H](O)CN(C(=O)OC(C)(C)C)C1.[W]. The summed E-state index contributed by atoms with van der Waals surface area (Å²) in [4.78, 5) is 24.6.